The number of halogens is 2. The summed E-state index contributed by atoms with van der Waals surface area (Å²) in [4.78, 5) is 12.8. The molecule has 0 aliphatic heterocycles. The Morgan fingerprint density at radius 3 is 2.52 bits per heavy atom. The lowest BCUT2D eigenvalue weighted by atomic mass is 10.1. The average molecular weight is 371 g/mol. The van der Waals surface area contributed by atoms with E-state index < -0.39 is 0 Å². The van der Waals surface area contributed by atoms with Gasteiger partial charge in [-0.05, 0) is 42.5 Å². The normalized spacial score (nSPS) is 11.1. The van der Waals surface area contributed by atoms with Crippen LogP contribution in [0.5, 0.6) is 0 Å². The van der Waals surface area contributed by atoms with Gasteiger partial charge in [-0.25, -0.2) is 0 Å². The number of furan rings is 1. The van der Waals surface area contributed by atoms with Gasteiger partial charge < -0.3 is 14.7 Å². The Hall–Kier alpha value is -2.69. The van der Waals surface area contributed by atoms with Gasteiger partial charge in [0.05, 0.1) is 10.7 Å². The third-order valence-electron chi connectivity index (χ3n) is 4.00. The Balaban J connectivity index is 1.82. The fourth-order valence-corrected chi connectivity index (χ4v) is 3.23. The summed E-state index contributed by atoms with van der Waals surface area (Å²) in [7, 11) is 0. The zero-order valence-electron chi connectivity index (χ0n) is 12.9. The van der Waals surface area contributed by atoms with Crippen LogP contribution in [0.3, 0.4) is 0 Å². The van der Waals surface area contributed by atoms with Crippen molar-refractivity contribution in [2.24, 2.45) is 0 Å². The van der Waals surface area contributed by atoms with E-state index in [0.717, 1.165) is 5.69 Å². The van der Waals surface area contributed by atoms with E-state index in [-0.39, 0.29) is 16.6 Å². The molecule has 124 valence electrons. The Kier molecular flexibility index (Phi) is 3.79. The molecule has 2 aromatic heterocycles. The van der Waals surface area contributed by atoms with E-state index in [0.29, 0.717) is 27.2 Å². The number of hydrogen-bond acceptors (Lipinski definition) is 3. The number of ketones is 1. The van der Waals surface area contributed by atoms with Gasteiger partial charge in [0, 0.05) is 40.1 Å². The van der Waals surface area contributed by atoms with Crippen molar-refractivity contribution in [3.05, 3.63) is 82.3 Å². The molecule has 0 bridgehead atoms. The summed E-state index contributed by atoms with van der Waals surface area (Å²) in [5, 5.41) is 1.39. The van der Waals surface area contributed by atoms with Gasteiger partial charge in [-0.1, -0.05) is 23.2 Å². The highest BCUT2D eigenvalue weighted by molar-refractivity contribution is 6.37. The predicted octanol–water partition coefficient (Wildman–Crippen LogP) is 5.34. The van der Waals surface area contributed by atoms with Gasteiger partial charge in [0.2, 0.25) is 5.78 Å². The van der Waals surface area contributed by atoms with E-state index in [4.69, 9.17) is 33.4 Å². The first-order valence-corrected chi connectivity index (χ1v) is 8.25. The second-order valence-corrected chi connectivity index (χ2v) is 6.41. The van der Waals surface area contributed by atoms with Crippen molar-refractivity contribution in [3.8, 4) is 5.69 Å². The summed E-state index contributed by atoms with van der Waals surface area (Å²) in [6.07, 6.45) is 3.85. The molecule has 0 spiro atoms. The molecule has 0 aliphatic rings. The number of anilines is 1. The molecule has 0 fully saturated rings. The third kappa shape index (κ3) is 2.69. The summed E-state index contributed by atoms with van der Waals surface area (Å²) < 4.78 is 7.70. The topological polar surface area (TPSA) is 61.2 Å². The fraction of sp³-hybridized carbons (Fsp3) is 0. The highest BCUT2D eigenvalue weighted by Gasteiger charge is 2.22. The van der Waals surface area contributed by atoms with E-state index >= 15 is 0 Å². The minimum atomic E-state index is -0.377. The minimum Gasteiger partial charge on any atom is -0.450 e. The quantitative estimate of drug-likeness (QED) is 0.494. The van der Waals surface area contributed by atoms with Crippen molar-refractivity contribution in [2.45, 2.75) is 0 Å². The second kappa shape index (κ2) is 5.99. The van der Waals surface area contributed by atoms with Crippen LogP contribution < -0.4 is 5.73 Å². The molecule has 2 N–H and O–H groups in total. The van der Waals surface area contributed by atoms with Crippen LogP contribution in [-0.2, 0) is 0 Å². The number of benzene rings is 2. The van der Waals surface area contributed by atoms with E-state index in [9.17, 15) is 4.79 Å². The maximum absolute atomic E-state index is 12.8. The van der Waals surface area contributed by atoms with Gasteiger partial charge in [-0.15, -0.1) is 0 Å². The fourth-order valence-electron chi connectivity index (χ4n) is 2.74. The van der Waals surface area contributed by atoms with Gasteiger partial charge in [0.25, 0.3) is 0 Å². The van der Waals surface area contributed by atoms with Gasteiger partial charge in [-0.2, -0.15) is 0 Å². The third-order valence-corrected chi connectivity index (χ3v) is 4.54. The number of carbonyl (C=O) groups excluding carboxylic acids is 1. The first-order chi connectivity index (χ1) is 12.0. The lowest BCUT2D eigenvalue weighted by Gasteiger charge is -2.02. The van der Waals surface area contributed by atoms with Crippen molar-refractivity contribution < 1.29 is 9.21 Å². The lowest BCUT2D eigenvalue weighted by molar-refractivity contribution is 0.101. The molecule has 6 heteroatoms. The SMILES string of the molecule is Nc1c(C(=O)c2ccc(Cl)cc2Cl)oc2cc(-n3cccc3)ccc12. The molecule has 0 atom stereocenters. The largest absolute Gasteiger partial charge is 0.450 e. The van der Waals surface area contributed by atoms with Crippen LogP contribution in [0.4, 0.5) is 5.69 Å². The summed E-state index contributed by atoms with van der Waals surface area (Å²) in [6.45, 7) is 0. The van der Waals surface area contributed by atoms with Crippen LogP contribution in [0.15, 0.2) is 65.3 Å². The molecule has 2 aromatic carbocycles. The summed E-state index contributed by atoms with van der Waals surface area (Å²) in [5.74, 6) is -0.304. The molecule has 0 saturated carbocycles. The van der Waals surface area contributed by atoms with Crippen molar-refractivity contribution in [1.82, 2.24) is 4.57 Å². The van der Waals surface area contributed by atoms with E-state index in [1.54, 1.807) is 12.1 Å². The Morgan fingerprint density at radius 1 is 1.04 bits per heavy atom. The molecule has 4 nitrogen and oxygen atoms in total. The molecule has 0 unspecified atom stereocenters. The number of nitrogen functional groups attached to an aromatic ring is 1. The van der Waals surface area contributed by atoms with Gasteiger partial charge in [-0.3, -0.25) is 4.79 Å². The number of aromatic nitrogens is 1. The van der Waals surface area contributed by atoms with E-state index in [2.05, 4.69) is 0 Å². The van der Waals surface area contributed by atoms with Crippen molar-refractivity contribution >= 4 is 45.6 Å². The molecule has 2 heterocycles. The average Bonchev–Trinajstić information content (AvgIpc) is 3.22. The van der Waals surface area contributed by atoms with Crippen LogP contribution in [0.2, 0.25) is 10.0 Å². The smallest absolute Gasteiger partial charge is 0.231 e. The van der Waals surface area contributed by atoms with Crippen LogP contribution in [0.25, 0.3) is 16.7 Å². The number of fused-ring (bicyclic) bond motifs is 1. The van der Waals surface area contributed by atoms with Crippen molar-refractivity contribution in [1.29, 1.82) is 0 Å². The highest BCUT2D eigenvalue weighted by Crippen LogP contribution is 2.33. The van der Waals surface area contributed by atoms with E-state index in [1.807, 2.05) is 47.3 Å². The van der Waals surface area contributed by atoms with E-state index in [1.165, 1.54) is 6.07 Å². The summed E-state index contributed by atoms with van der Waals surface area (Å²) in [5.41, 5.74) is 8.18. The van der Waals surface area contributed by atoms with Crippen LogP contribution in [0.1, 0.15) is 16.1 Å². The number of carbonyl (C=O) groups is 1. The summed E-state index contributed by atoms with van der Waals surface area (Å²) in [6, 6.07) is 14.1. The molecule has 0 aliphatic carbocycles. The first kappa shape index (κ1) is 15.8. The maximum Gasteiger partial charge on any atom is 0.231 e. The molecule has 0 amide bonds. The number of rotatable bonds is 3. The standard InChI is InChI=1S/C19H12Cl2N2O2/c20-11-3-5-13(15(21)9-11)18(24)19-17(22)14-6-4-12(10-16(14)25-19)23-7-1-2-8-23/h1-10H,22H2. The molecule has 25 heavy (non-hydrogen) atoms. The van der Waals surface area contributed by atoms with Crippen LogP contribution in [-0.4, -0.2) is 10.4 Å². The monoisotopic (exact) mass is 370 g/mol. The Labute approximate surface area is 153 Å². The van der Waals surface area contributed by atoms with Gasteiger partial charge in [0.1, 0.15) is 5.58 Å². The highest BCUT2D eigenvalue weighted by atomic mass is 35.5. The van der Waals surface area contributed by atoms with Gasteiger partial charge in [0.15, 0.2) is 5.76 Å². The zero-order chi connectivity index (χ0) is 17.6. The summed E-state index contributed by atoms with van der Waals surface area (Å²) >= 11 is 12.0. The number of hydrogen-bond donors (Lipinski definition) is 1. The molecular formula is C19H12Cl2N2O2. The predicted molar refractivity (Wildman–Crippen MR) is 99.8 cm³/mol. The minimum absolute atomic E-state index is 0.0730. The molecule has 0 saturated heterocycles. The number of nitrogens with two attached hydrogens (primary N) is 1. The maximum atomic E-state index is 12.8. The number of nitrogens with zero attached hydrogens (tertiary/aromatic N) is 1. The Morgan fingerprint density at radius 2 is 1.80 bits per heavy atom. The van der Waals surface area contributed by atoms with Crippen molar-refractivity contribution in [3.63, 3.8) is 0 Å². The van der Waals surface area contributed by atoms with Crippen LogP contribution >= 0.6 is 23.2 Å². The lowest BCUT2D eigenvalue weighted by Crippen LogP contribution is -2.03. The van der Waals surface area contributed by atoms with Gasteiger partial charge >= 0.3 is 0 Å². The molecule has 0 radical (unpaired) electrons. The zero-order valence-corrected chi connectivity index (χ0v) is 14.4. The Bertz CT molecular complexity index is 1100. The second-order valence-electron chi connectivity index (χ2n) is 5.57. The molecule has 4 aromatic rings. The van der Waals surface area contributed by atoms with Crippen molar-refractivity contribution in [2.75, 3.05) is 5.73 Å². The first-order valence-electron chi connectivity index (χ1n) is 7.50. The van der Waals surface area contributed by atoms with Crippen LogP contribution in [0, 0.1) is 0 Å². The molecular weight excluding hydrogens is 359 g/mol. The molecule has 4 rings (SSSR count).